The van der Waals surface area contributed by atoms with Crippen LogP contribution < -0.4 is 10.6 Å². The highest BCUT2D eigenvalue weighted by molar-refractivity contribution is 5.82. The molecule has 2 unspecified atom stereocenters. The topological polar surface area (TPSA) is 78.4 Å². The number of hydrogen-bond donors (Lipinski definition) is 3. The summed E-state index contributed by atoms with van der Waals surface area (Å²) in [6.45, 7) is 8.66. The first-order valence-electron chi connectivity index (χ1n) is 6.15. The quantitative estimate of drug-likeness (QED) is 0.639. The summed E-state index contributed by atoms with van der Waals surface area (Å²) in [7, 11) is 0. The Balaban J connectivity index is 4.02. The molecule has 0 aliphatic carbocycles. The molecular formula is C12H24N2O3. The van der Waals surface area contributed by atoms with Gasteiger partial charge in [0, 0.05) is 6.54 Å². The van der Waals surface area contributed by atoms with E-state index in [1.165, 1.54) is 0 Å². The number of carbonyl (C=O) groups excluding carboxylic acids is 1. The highest BCUT2D eigenvalue weighted by Crippen LogP contribution is 2.07. The number of aliphatic carboxylic acids is 1. The van der Waals surface area contributed by atoms with E-state index in [9.17, 15) is 9.59 Å². The number of rotatable bonds is 7. The molecule has 17 heavy (non-hydrogen) atoms. The molecule has 2 amide bonds. The highest BCUT2D eigenvalue weighted by atomic mass is 16.4. The van der Waals surface area contributed by atoms with Gasteiger partial charge in [-0.05, 0) is 18.3 Å². The Morgan fingerprint density at radius 1 is 1.24 bits per heavy atom. The monoisotopic (exact) mass is 244 g/mol. The molecule has 3 N–H and O–H groups in total. The van der Waals surface area contributed by atoms with Gasteiger partial charge in [0.05, 0.1) is 0 Å². The number of hydrogen-bond acceptors (Lipinski definition) is 2. The van der Waals surface area contributed by atoms with Crippen molar-refractivity contribution in [3.05, 3.63) is 0 Å². The lowest BCUT2D eigenvalue weighted by Crippen LogP contribution is -2.47. The summed E-state index contributed by atoms with van der Waals surface area (Å²) in [4.78, 5) is 22.3. The lowest BCUT2D eigenvalue weighted by atomic mass is 9.98. The van der Waals surface area contributed by atoms with E-state index in [-0.39, 0.29) is 0 Å². The minimum atomic E-state index is -0.987. The zero-order valence-electron chi connectivity index (χ0n) is 11.1. The van der Waals surface area contributed by atoms with Crippen molar-refractivity contribution in [2.45, 2.75) is 46.6 Å². The maximum absolute atomic E-state index is 11.5. The van der Waals surface area contributed by atoms with Crippen LogP contribution in [0.4, 0.5) is 4.79 Å². The molecule has 0 spiro atoms. The van der Waals surface area contributed by atoms with Crippen molar-refractivity contribution in [2.75, 3.05) is 6.54 Å². The largest absolute Gasteiger partial charge is 0.480 e. The molecule has 0 aliphatic rings. The maximum Gasteiger partial charge on any atom is 0.326 e. The lowest BCUT2D eigenvalue weighted by Gasteiger charge is -2.18. The Kier molecular flexibility index (Phi) is 7.34. The number of carboxylic acid groups (broad SMARTS) is 1. The van der Waals surface area contributed by atoms with Crippen molar-refractivity contribution in [3.63, 3.8) is 0 Å². The summed E-state index contributed by atoms with van der Waals surface area (Å²) in [6.07, 6.45) is 1.17. The van der Waals surface area contributed by atoms with Gasteiger partial charge in [-0.25, -0.2) is 9.59 Å². The van der Waals surface area contributed by atoms with Crippen LogP contribution in [0.5, 0.6) is 0 Å². The first-order chi connectivity index (χ1) is 7.88. The normalized spacial score (nSPS) is 14.2. The molecule has 0 aromatic rings. The first-order valence-corrected chi connectivity index (χ1v) is 6.15. The minimum absolute atomic E-state index is 0.371. The molecule has 0 heterocycles. The van der Waals surface area contributed by atoms with Crippen LogP contribution in [0.2, 0.25) is 0 Å². The minimum Gasteiger partial charge on any atom is -0.480 e. The third-order valence-corrected chi connectivity index (χ3v) is 2.90. The van der Waals surface area contributed by atoms with Crippen LogP contribution in [-0.4, -0.2) is 29.7 Å². The zero-order chi connectivity index (χ0) is 13.4. The zero-order valence-corrected chi connectivity index (χ0v) is 11.1. The van der Waals surface area contributed by atoms with Crippen LogP contribution in [-0.2, 0) is 4.79 Å². The summed E-state index contributed by atoms with van der Waals surface area (Å²) in [5.74, 6) is -0.129. The Labute approximate surface area is 103 Å². The predicted molar refractivity (Wildman–Crippen MR) is 66.9 cm³/mol. The van der Waals surface area contributed by atoms with Gasteiger partial charge in [-0.15, -0.1) is 0 Å². The molecule has 5 heteroatoms. The van der Waals surface area contributed by atoms with Crippen LogP contribution in [0.3, 0.4) is 0 Å². The number of amides is 2. The third-order valence-electron chi connectivity index (χ3n) is 2.90. The predicted octanol–water partition coefficient (Wildman–Crippen LogP) is 1.83. The van der Waals surface area contributed by atoms with E-state index in [1.54, 1.807) is 0 Å². The Morgan fingerprint density at radius 3 is 2.24 bits per heavy atom. The van der Waals surface area contributed by atoms with E-state index >= 15 is 0 Å². The third kappa shape index (κ3) is 6.81. The highest BCUT2D eigenvalue weighted by Gasteiger charge is 2.18. The van der Waals surface area contributed by atoms with Crippen molar-refractivity contribution in [2.24, 2.45) is 11.8 Å². The summed E-state index contributed by atoms with van der Waals surface area (Å²) in [6, 6.07) is -1.20. The van der Waals surface area contributed by atoms with Crippen molar-refractivity contribution in [1.82, 2.24) is 10.6 Å². The van der Waals surface area contributed by atoms with Crippen LogP contribution in [0.15, 0.2) is 0 Å². The van der Waals surface area contributed by atoms with Gasteiger partial charge < -0.3 is 15.7 Å². The van der Waals surface area contributed by atoms with Gasteiger partial charge in [-0.3, -0.25) is 0 Å². The molecule has 0 bridgehead atoms. The number of carboxylic acids is 1. The number of nitrogens with one attached hydrogen (secondary N) is 2. The summed E-state index contributed by atoms with van der Waals surface area (Å²) < 4.78 is 0. The molecule has 0 rings (SSSR count). The Morgan fingerprint density at radius 2 is 1.82 bits per heavy atom. The Bertz CT molecular complexity index is 254. The fraction of sp³-hybridized carbons (Fsp3) is 0.833. The smallest absolute Gasteiger partial charge is 0.326 e. The van der Waals surface area contributed by atoms with E-state index in [1.807, 2.05) is 13.8 Å². The molecule has 0 radical (unpaired) electrons. The molecule has 0 saturated carbocycles. The van der Waals surface area contributed by atoms with Crippen molar-refractivity contribution in [3.8, 4) is 0 Å². The number of carbonyl (C=O) groups is 2. The second-order valence-corrected chi connectivity index (χ2v) is 4.76. The van der Waals surface area contributed by atoms with E-state index in [0.29, 0.717) is 24.8 Å². The maximum atomic E-state index is 11.5. The first kappa shape index (κ1) is 15.7. The summed E-state index contributed by atoms with van der Waals surface area (Å²) in [5.41, 5.74) is 0. The number of urea groups is 1. The van der Waals surface area contributed by atoms with Gasteiger partial charge in [0.25, 0.3) is 0 Å². The van der Waals surface area contributed by atoms with Crippen molar-refractivity contribution >= 4 is 12.0 Å². The second-order valence-electron chi connectivity index (χ2n) is 4.76. The SMILES string of the molecule is CCCC(NC(=O)NCC(C)C(C)C)C(=O)O. The standard InChI is InChI=1S/C12H24N2O3/c1-5-6-10(11(15)16)14-12(17)13-7-9(4)8(2)3/h8-10H,5-7H2,1-4H3,(H,15,16)(H2,13,14,17). The molecule has 0 aromatic carbocycles. The van der Waals surface area contributed by atoms with Gasteiger partial charge in [-0.1, -0.05) is 34.1 Å². The van der Waals surface area contributed by atoms with Crippen LogP contribution in [0.1, 0.15) is 40.5 Å². The molecule has 0 saturated heterocycles. The second kappa shape index (κ2) is 7.92. The molecule has 100 valence electrons. The fourth-order valence-electron chi connectivity index (χ4n) is 1.24. The van der Waals surface area contributed by atoms with E-state index < -0.39 is 18.0 Å². The van der Waals surface area contributed by atoms with Crippen LogP contribution in [0, 0.1) is 11.8 Å². The van der Waals surface area contributed by atoms with Gasteiger partial charge in [0.2, 0.25) is 0 Å². The van der Waals surface area contributed by atoms with Gasteiger partial charge >= 0.3 is 12.0 Å². The summed E-state index contributed by atoms with van der Waals surface area (Å²) >= 11 is 0. The summed E-state index contributed by atoms with van der Waals surface area (Å²) in [5, 5.41) is 14.0. The van der Waals surface area contributed by atoms with E-state index in [4.69, 9.17) is 5.11 Å². The molecule has 5 nitrogen and oxygen atoms in total. The molecule has 0 aliphatic heterocycles. The van der Waals surface area contributed by atoms with Crippen molar-refractivity contribution in [1.29, 1.82) is 0 Å². The average Bonchev–Trinajstić information content (AvgIpc) is 2.24. The van der Waals surface area contributed by atoms with E-state index in [2.05, 4.69) is 24.5 Å². The molecular weight excluding hydrogens is 220 g/mol. The van der Waals surface area contributed by atoms with E-state index in [0.717, 1.165) is 6.42 Å². The fourth-order valence-corrected chi connectivity index (χ4v) is 1.24. The average molecular weight is 244 g/mol. The van der Waals surface area contributed by atoms with Gasteiger partial charge in [-0.2, -0.15) is 0 Å². The lowest BCUT2D eigenvalue weighted by molar-refractivity contribution is -0.139. The molecule has 0 fully saturated rings. The van der Waals surface area contributed by atoms with Gasteiger partial charge in [0.15, 0.2) is 0 Å². The molecule has 2 atom stereocenters. The van der Waals surface area contributed by atoms with Crippen LogP contribution >= 0.6 is 0 Å². The van der Waals surface area contributed by atoms with Gasteiger partial charge in [0.1, 0.15) is 6.04 Å². The Hall–Kier alpha value is -1.26. The van der Waals surface area contributed by atoms with Crippen LogP contribution in [0.25, 0.3) is 0 Å². The van der Waals surface area contributed by atoms with Crippen molar-refractivity contribution < 1.29 is 14.7 Å². The molecule has 0 aromatic heterocycles.